The second-order valence-corrected chi connectivity index (χ2v) is 18.3. The molecule has 1 spiro atoms. The van der Waals surface area contributed by atoms with Crippen molar-refractivity contribution in [1.82, 2.24) is 15.0 Å². The Morgan fingerprint density at radius 1 is 0.371 bits per heavy atom. The number of thiophene rings is 2. The van der Waals surface area contributed by atoms with Crippen molar-refractivity contribution < 1.29 is 0 Å². The molecular formula is C56H38N4S2. The van der Waals surface area contributed by atoms with Gasteiger partial charge in [-0.25, -0.2) is 15.0 Å². The number of hydrogen-bond donors (Lipinski definition) is 0. The van der Waals surface area contributed by atoms with Crippen LogP contribution in [-0.4, -0.2) is 15.0 Å². The van der Waals surface area contributed by atoms with E-state index in [4.69, 9.17) is 15.0 Å². The van der Waals surface area contributed by atoms with Gasteiger partial charge in [0.25, 0.3) is 0 Å². The molecular weight excluding hydrogens is 793 g/mol. The van der Waals surface area contributed by atoms with Gasteiger partial charge in [0.15, 0.2) is 17.5 Å². The maximum absolute atomic E-state index is 5.16. The summed E-state index contributed by atoms with van der Waals surface area (Å²) in [6.07, 6.45) is 0. The highest BCUT2D eigenvalue weighted by Crippen LogP contribution is 2.67. The van der Waals surface area contributed by atoms with Crippen molar-refractivity contribution in [2.75, 3.05) is 4.90 Å². The van der Waals surface area contributed by atoms with Crippen LogP contribution in [0.1, 0.15) is 33.4 Å². The lowest BCUT2D eigenvalue weighted by molar-refractivity contribution is 0.756. The van der Waals surface area contributed by atoms with Crippen LogP contribution in [-0.2, 0) is 5.41 Å². The van der Waals surface area contributed by atoms with Crippen molar-refractivity contribution in [2.24, 2.45) is 0 Å². The summed E-state index contributed by atoms with van der Waals surface area (Å²) in [5.41, 5.74) is 15.7. The monoisotopic (exact) mass is 830 g/mol. The molecule has 10 aromatic rings. The fraction of sp³-hybridized carbons (Fsp3) is 0.0536. The van der Waals surface area contributed by atoms with Crippen molar-refractivity contribution in [2.45, 2.75) is 19.3 Å². The zero-order valence-corrected chi connectivity index (χ0v) is 35.7. The molecule has 294 valence electrons. The number of para-hydroxylation sites is 2. The van der Waals surface area contributed by atoms with Crippen molar-refractivity contribution in [3.05, 3.63) is 228 Å². The third-order valence-electron chi connectivity index (χ3n) is 12.2. The lowest BCUT2D eigenvalue weighted by atomic mass is 9.65. The van der Waals surface area contributed by atoms with Gasteiger partial charge >= 0.3 is 0 Å². The SMILES string of the molecule is Cc1cccc(-c2nc(-c3cccc(C)c3)nc(-c3cccc(N4c5ccccc5C5(c6ccccc64)c4cc(-c6ccccc6)sc4-c4sc(-c6ccccc6)cc45)c3)n2)c1. The Hall–Kier alpha value is -7.25. The molecule has 2 aliphatic rings. The first-order valence-corrected chi connectivity index (χ1v) is 22.6. The predicted octanol–water partition coefficient (Wildman–Crippen LogP) is 15.1. The summed E-state index contributed by atoms with van der Waals surface area (Å²) in [7, 11) is 0. The Balaban J connectivity index is 1.06. The first-order chi connectivity index (χ1) is 30.5. The van der Waals surface area contributed by atoms with Crippen molar-refractivity contribution in [3.63, 3.8) is 0 Å². The van der Waals surface area contributed by atoms with E-state index < -0.39 is 5.41 Å². The van der Waals surface area contributed by atoms with E-state index in [1.54, 1.807) is 0 Å². The van der Waals surface area contributed by atoms with Crippen molar-refractivity contribution in [3.8, 4) is 64.8 Å². The molecule has 4 nitrogen and oxygen atoms in total. The summed E-state index contributed by atoms with van der Waals surface area (Å²) in [6, 6.07) is 70.2. The van der Waals surface area contributed by atoms with Gasteiger partial charge in [-0.15, -0.1) is 22.7 Å². The fourth-order valence-corrected chi connectivity index (χ4v) is 12.1. The molecule has 0 amide bonds. The molecule has 0 saturated carbocycles. The van der Waals surface area contributed by atoms with E-state index in [-0.39, 0.29) is 0 Å². The molecule has 7 aromatic carbocycles. The highest BCUT2D eigenvalue weighted by atomic mass is 32.1. The second-order valence-electron chi connectivity index (χ2n) is 16.2. The summed E-state index contributed by atoms with van der Waals surface area (Å²) >= 11 is 3.84. The van der Waals surface area contributed by atoms with Gasteiger partial charge in [0, 0.05) is 32.1 Å². The number of fused-ring (bicyclic) bond motifs is 9. The number of aryl methyl sites for hydroxylation is 2. The van der Waals surface area contributed by atoms with Crippen LogP contribution in [0.2, 0.25) is 0 Å². The van der Waals surface area contributed by atoms with E-state index >= 15 is 0 Å². The number of nitrogens with zero attached hydrogens (tertiary/aromatic N) is 4. The summed E-state index contributed by atoms with van der Waals surface area (Å²) in [5, 5.41) is 0. The standard InChI is InChI=1S/C56H38N4S2/c1-35-16-13-22-39(30-35)53-57-54(40-23-14-17-36(2)31-40)59-55(58-53)41-24-15-25-42(32-41)60-47-28-11-9-26-43(47)56(44-27-10-12-29-48(44)60)45-33-49(37-18-5-3-6-19-37)61-51(45)52-46(56)34-50(62-52)38-20-7-4-8-21-38/h3-34H,1-2H3. The molecule has 6 heteroatoms. The number of rotatable bonds is 6. The zero-order chi connectivity index (χ0) is 41.4. The van der Waals surface area contributed by atoms with E-state index in [2.05, 4.69) is 213 Å². The third-order valence-corrected chi connectivity index (χ3v) is 14.8. The summed E-state index contributed by atoms with van der Waals surface area (Å²) < 4.78 is 0. The average Bonchev–Trinajstić information content (AvgIpc) is 4.03. The van der Waals surface area contributed by atoms with Crippen LogP contribution < -0.4 is 4.90 Å². The van der Waals surface area contributed by atoms with Crippen molar-refractivity contribution >= 4 is 39.7 Å². The fourth-order valence-electron chi connectivity index (χ4n) is 9.53. The molecule has 3 aromatic heterocycles. The molecule has 0 fully saturated rings. The lowest BCUT2D eigenvalue weighted by Crippen LogP contribution is -2.35. The summed E-state index contributed by atoms with van der Waals surface area (Å²) in [5.74, 6) is 1.94. The Labute approximate surface area is 369 Å². The van der Waals surface area contributed by atoms with Crippen LogP contribution in [0.5, 0.6) is 0 Å². The van der Waals surface area contributed by atoms with Crippen LogP contribution >= 0.6 is 22.7 Å². The largest absolute Gasteiger partial charge is 0.310 e. The first kappa shape index (κ1) is 36.6. The molecule has 1 aliphatic carbocycles. The van der Waals surface area contributed by atoms with E-state index in [1.165, 1.54) is 52.9 Å². The average molecular weight is 831 g/mol. The minimum Gasteiger partial charge on any atom is -0.310 e. The third kappa shape index (κ3) is 5.75. The van der Waals surface area contributed by atoms with E-state index in [0.29, 0.717) is 17.5 Å². The molecule has 0 N–H and O–H groups in total. The molecule has 0 radical (unpaired) electrons. The van der Waals surface area contributed by atoms with Crippen LogP contribution in [0.4, 0.5) is 17.1 Å². The number of anilines is 3. The topological polar surface area (TPSA) is 41.9 Å². The number of benzene rings is 7. The van der Waals surface area contributed by atoms with E-state index in [1.807, 2.05) is 22.7 Å². The van der Waals surface area contributed by atoms with Gasteiger partial charge in [0.05, 0.1) is 26.5 Å². The molecule has 0 saturated heterocycles. The smallest absolute Gasteiger partial charge is 0.164 e. The maximum atomic E-state index is 5.16. The molecule has 0 atom stereocenters. The van der Waals surface area contributed by atoms with E-state index in [9.17, 15) is 0 Å². The number of aromatic nitrogens is 3. The van der Waals surface area contributed by atoms with Crippen LogP contribution in [0.15, 0.2) is 194 Å². The summed E-state index contributed by atoms with van der Waals surface area (Å²) in [4.78, 5) is 23.1. The van der Waals surface area contributed by atoms with Gasteiger partial charge in [0.1, 0.15) is 0 Å². The van der Waals surface area contributed by atoms with Gasteiger partial charge in [0.2, 0.25) is 0 Å². The Bertz CT molecular complexity index is 3150. The van der Waals surface area contributed by atoms with Crippen molar-refractivity contribution in [1.29, 1.82) is 0 Å². The zero-order valence-electron chi connectivity index (χ0n) is 34.1. The van der Waals surface area contributed by atoms with E-state index in [0.717, 1.165) is 44.9 Å². The van der Waals surface area contributed by atoms with Gasteiger partial charge in [-0.05, 0) is 95.8 Å². The van der Waals surface area contributed by atoms with Gasteiger partial charge < -0.3 is 4.90 Å². The summed E-state index contributed by atoms with van der Waals surface area (Å²) in [6.45, 7) is 4.20. The minimum atomic E-state index is -0.529. The molecule has 0 unspecified atom stereocenters. The van der Waals surface area contributed by atoms with Crippen LogP contribution in [0.25, 0.3) is 64.8 Å². The highest BCUT2D eigenvalue weighted by Gasteiger charge is 2.53. The lowest BCUT2D eigenvalue weighted by Gasteiger charge is -2.44. The molecule has 12 rings (SSSR count). The Morgan fingerprint density at radius 2 is 0.774 bits per heavy atom. The minimum absolute atomic E-state index is 0.529. The van der Waals surface area contributed by atoms with Gasteiger partial charge in [-0.3, -0.25) is 0 Å². The predicted molar refractivity (Wildman–Crippen MR) is 258 cm³/mol. The maximum Gasteiger partial charge on any atom is 0.164 e. The Kier molecular flexibility index (Phi) is 8.53. The molecule has 0 bridgehead atoms. The Morgan fingerprint density at radius 3 is 1.24 bits per heavy atom. The molecule has 4 heterocycles. The second kappa shape index (κ2) is 14.4. The first-order valence-electron chi connectivity index (χ1n) is 20.9. The molecule has 62 heavy (non-hydrogen) atoms. The van der Waals surface area contributed by atoms with Gasteiger partial charge in [-0.1, -0.05) is 157 Å². The highest BCUT2D eigenvalue weighted by molar-refractivity contribution is 7.25. The number of hydrogen-bond acceptors (Lipinski definition) is 6. The quantitative estimate of drug-likeness (QED) is 0.167. The normalized spacial score (nSPS) is 13.1. The molecule has 1 aliphatic heterocycles. The van der Waals surface area contributed by atoms with Crippen LogP contribution in [0.3, 0.4) is 0 Å². The van der Waals surface area contributed by atoms with Gasteiger partial charge in [-0.2, -0.15) is 0 Å². The van der Waals surface area contributed by atoms with Crippen LogP contribution in [0, 0.1) is 13.8 Å².